The summed E-state index contributed by atoms with van der Waals surface area (Å²) in [6.45, 7) is 0. The summed E-state index contributed by atoms with van der Waals surface area (Å²) in [4.78, 5) is 37.9. The Hall–Kier alpha value is -3.17. The molecule has 3 aromatic rings. The first kappa shape index (κ1) is 24.5. The van der Waals surface area contributed by atoms with Crippen molar-refractivity contribution < 1.29 is 32.3 Å². The molecule has 0 bridgehead atoms. The van der Waals surface area contributed by atoms with E-state index in [-0.39, 0.29) is 29.2 Å². The smallest absolute Gasteiger partial charge is 0.418 e. The van der Waals surface area contributed by atoms with Gasteiger partial charge in [-0.05, 0) is 29.6 Å². The number of nitrogens with one attached hydrogen (secondary N) is 1. The van der Waals surface area contributed by atoms with E-state index in [1.54, 1.807) is 35.7 Å². The fourth-order valence-electron chi connectivity index (χ4n) is 2.93. The monoisotopic (exact) mass is 495 g/mol. The number of alkyl halides is 3. The highest BCUT2D eigenvalue weighted by Crippen LogP contribution is 2.37. The first-order valence-corrected chi connectivity index (χ1v) is 10.9. The van der Waals surface area contributed by atoms with Crippen LogP contribution in [-0.4, -0.2) is 17.7 Å². The van der Waals surface area contributed by atoms with E-state index in [1.807, 2.05) is 0 Å². The van der Waals surface area contributed by atoms with Gasteiger partial charge >= 0.3 is 12.1 Å². The van der Waals surface area contributed by atoms with Crippen LogP contribution in [0.5, 0.6) is 0 Å². The standard InChI is InChI=1S/C23H17ClF3NO4S/c24-15-8-9-17(16(13-15)23(25,26)27)28-22(31)21(14-5-2-1-3-6-14)32-20(30)11-10-18(29)19-7-4-12-33-19/h1-9,12-13,21H,10-11H2,(H,28,31)/t21-/m0/s1. The number of anilines is 1. The number of ketones is 1. The third kappa shape index (κ3) is 6.66. The van der Waals surface area contributed by atoms with Gasteiger partial charge in [-0.25, -0.2) is 0 Å². The van der Waals surface area contributed by atoms with Crippen molar-refractivity contribution in [3.05, 3.63) is 87.1 Å². The van der Waals surface area contributed by atoms with Crippen LogP contribution in [0.4, 0.5) is 18.9 Å². The molecule has 1 amide bonds. The van der Waals surface area contributed by atoms with Crippen molar-refractivity contribution in [3.8, 4) is 0 Å². The van der Waals surface area contributed by atoms with Gasteiger partial charge in [0.2, 0.25) is 6.10 Å². The van der Waals surface area contributed by atoms with Crippen molar-refractivity contribution in [3.63, 3.8) is 0 Å². The van der Waals surface area contributed by atoms with E-state index in [0.29, 0.717) is 10.9 Å². The molecule has 5 nitrogen and oxygen atoms in total. The Morgan fingerprint density at radius 1 is 1.00 bits per heavy atom. The van der Waals surface area contributed by atoms with Gasteiger partial charge in [-0.2, -0.15) is 13.2 Å². The normalized spacial score (nSPS) is 12.1. The molecule has 2 aromatic carbocycles. The third-order valence-electron chi connectivity index (χ3n) is 4.49. The maximum Gasteiger partial charge on any atom is 0.418 e. The number of benzene rings is 2. The summed E-state index contributed by atoms with van der Waals surface area (Å²) >= 11 is 6.91. The summed E-state index contributed by atoms with van der Waals surface area (Å²) in [7, 11) is 0. The lowest BCUT2D eigenvalue weighted by Gasteiger charge is -2.20. The SMILES string of the molecule is O=C(CCC(=O)c1cccs1)O[C@H](C(=O)Nc1ccc(Cl)cc1C(F)(F)F)c1ccccc1. The number of esters is 1. The first-order valence-electron chi connectivity index (χ1n) is 9.64. The molecule has 10 heteroatoms. The maximum absolute atomic E-state index is 13.4. The average molecular weight is 496 g/mol. The average Bonchev–Trinajstić information content (AvgIpc) is 3.32. The number of Topliss-reactive ketones (excluding diaryl/α,β-unsaturated/α-hetero) is 1. The van der Waals surface area contributed by atoms with Gasteiger partial charge in [0.25, 0.3) is 5.91 Å². The Morgan fingerprint density at radius 2 is 1.73 bits per heavy atom. The van der Waals surface area contributed by atoms with E-state index < -0.39 is 35.4 Å². The number of rotatable bonds is 8. The molecular formula is C23H17ClF3NO4S. The Bertz CT molecular complexity index is 1130. The van der Waals surface area contributed by atoms with Crippen molar-refractivity contribution in [2.45, 2.75) is 25.1 Å². The molecule has 0 aliphatic carbocycles. The molecule has 1 aromatic heterocycles. The fraction of sp³-hybridized carbons (Fsp3) is 0.174. The van der Waals surface area contributed by atoms with Crippen LogP contribution < -0.4 is 5.32 Å². The van der Waals surface area contributed by atoms with Crippen molar-refractivity contribution in [1.82, 2.24) is 0 Å². The van der Waals surface area contributed by atoms with Crippen LogP contribution in [0.15, 0.2) is 66.0 Å². The van der Waals surface area contributed by atoms with Crippen LogP contribution in [0, 0.1) is 0 Å². The number of carbonyl (C=O) groups is 3. The Labute approximate surface area is 196 Å². The minimum absolute atomic E-state index is 0.127. The van der Waals surface area contributed by atoms with E-state index in [4.69, 9.17) is 16.3 Å². The molecule has 1 N–H and O–H groups in total. The van der Waals surface area contributed by atoms with E-state index in [2.05, 4.69) is 5.32 Å². The molecule has 0 unspecified atom stereocenters. The number of hydrogen-bond donors (Lipinski definition) is 1. The van der Waals surface area contributed by atoms with E-state index in [0.717, 1.165) is 6.07 Å². The van der Waals surface area contributed by atoms with Crippen LogP contribution in [0.2, 0.25) is 5.02 Å². The highest BCUT2D eigenvalue weighted by Gasteiger charge is 2.35. The van der Waals surface area contributed by atoms with Crippen LogP contribution >= 0.6 is 22.9 Å². The predicted molar refractivity (Wildman–Crippen MR) is 118 cm³/mol. The molecule has 0 radical (unpaired) electrons. The van der Waals surface area contributed by atoms with E-state index >= 15 is 0 Å². The minimum Gasteiger partial charge on any atom is -0.447 e. The summed E-state index contributed by atoms with van der Waals surface area (Å²) in [5.41, 5.74) is -1.40. The van der Waals surface area contributed by atoms with Crippen molar-refractivity contribution in [2.24, 2.45) is 0 Å². The number of halogens is 4. The van der Waals surface area contributed by atoms with Gasteiger partial charge in [0.05, 0.1) is 22.5 Å². The lowest BCUT2D eigenvalue weighted by molar-refractivity contribution is -0.154. The largest absolute Gasteiger partial charge is 0.447 e. The Balaban J connectivity index is 1.77. The lowest BCUT2D eigenvalue weighted by atomic mass is 10.1. The summed E-state index contributed by atoms with van der Waals surface area (Å²) < 4.78 is 45.4. The molecule has 0 saturated carbocycles. The third-order valence-corrected chi connectivity index (χ3v) is 5.63. The highest BCUT2D eigenvalue weighted by molar-refractivity contribution is 7.12. The van der Waals surface area contributed by atoms with Crippen molar-refractivity contribution in [2.75, 3.05) is 5.32 Å². The molecule has 3 rings (SSSR count). The molecule has 0 saturated heterocycles. The first-order chi connectivity index (χ1) is 15.6. The topological polar surface area (TPSA) is 72.5 Å². The molecule has 0 aliphatic heterocycles. The zero-order chi connectivity index (χ0) is 24.0. The number of thiophene rings is 1. The summed E-state index contributed by atoms with van der Waals surface area (Å²) in [6.07, 6.45) is -6.71. The molecule has 33 heavy (non-hydrogen) atoms. The second kappa shape index (κ2) is 10.6. The fourth-order valence-corrected chi connectivity index (χ4v) is 3.79. The summed E-state index contributed by atoms with van der Waals surface area (Å²) in [6, 6.07) is 14.1. The predicted octanol–water partition coefficient (Wildman–Crippen LogP) is 6.31. The number of amides is 1. The summed E-state index contributed by atoms with van der Waals surface area (Å²) in [5, 5.41) is 3.75. The van der Waals surface area contributed by atoms with Gasteiger partial charge in [0.15, 0.2) is 5.78 Å². The molecule has 0 fully saturated rings. The van der Waals surface area contributed by atoms with Gasteiger partial charge in [0.1, 0.15) is 0 Å². The zero-order valence-corrected chi connectivity index (χ0v) is 18.5. The van der Waals surface area contributed by atoms with Crippen molar-refractivity contribution in [1.29, 1.82) is 0 Å². The number of ether oxygens (including phenoxy) is 1. The van der Waals surface area contributed by atoms with Crippen LogP contribution in [0.25, 0.3) is 0 Å². The Kier molecular flexibility index (Phi) is 7.88. The van der Waals surface area contributed by atoms with Gasteiger partial charge in [0, 0.05) is 17.0 Å². The van der Waals surface area contributed by atoms with Gasteiger partial charge < -0.3 is 10.1 Å². The molecule has 0 spiro atoms. The van der Waals surface area contributed by atoms with E-state index in [1.165, 1.54) is 29.5 Å². The molecule has 0 aliphatic rings. The van der Waals surface area contributed by atoms with Crippen LogP contribution in [0.1, 0.15) is 39.7 Å². The minimum atomic E-state index is -4.77. The van der Waals surface area contributed by atoms with E-state index in [9.17, 15) is 27.6 Å². The Morgan fingerprint density at radius 3 is 2.36 bits per heavy atom. The van der Waals surface area contributed by atoms with Gasteiger partial charge in [-0.15, -0.1) is 11.3 Å². The number of carbonyl (C=O) groups excluding carboxylic acids is 3. The number of hydrogen-bond acceptors (Lipinski definition) is 5. The second-order valence-electron chi connectivity index (χ2n) is 6.86. The van der Waals surface area contributed by atoms with Gasteiger partial charge in [-0.3, -0.25) is 14.4 Å². The lowest BCUT2D eigenvalue weighted by Crippen LogP contribution is -2.27. The zero-order valence-electron chi connectivity index (χ0n) is 16.9. The molecule has 1 heterocycles. The van der Waals surface area contributed by atoms with Crippen LogP contribution in [0.3, 0.4) is 0 Å². The van der Waals surface area contributed by atoms with Crippen LogP contribution in [-0.2, 0) is 20.5 Å². The molecule has 172 valence electrons. The molecular weight excluding hydrogens is 479 g/mol. The summed E-state index contributed by atoms with van der Waals surface area (Å²) in [5.74, 6) is -2.07. The quantitative estimate of drug-likeness (QED) is 0.294. The highest BCUT2D eigenvalue weighted by atomic mass is 35.5. The second-order valence-corrected chi connectivity index (χ2v) is 8.24. The van der Waals surface area contributed by atoms with Gasteiger partial charge in [-0.1, -0.05) is 48.0 Å². The maximum atomic E-state index is 13.4. The van der Waals surface area contributed by atoms with Crippen molar-refractivity contribution >= 4 is 46.3 Å². The molecule has 1 atom stereocenters.